The van der Waals surface area contributed by atoms with Crippen molar-refractivity contribution in [2.24, 2.45) is 0 Å². The van der Waals surface area contributed by atoms with Crippen LogP contribution in [0.3, 0.4) is 0 Å². The van der Waals surface area contributed by atoms with E-state index in [9.17, 15) is 9.59 Å². The second-order valence-electron chi connectivity index (χ2n) is 6.95. The molecule has 2 aromatic carbocycles. The number of benzene rings is 2. The third-order valence-electron chi connectivity index (χ3n) is 5.04. The summed E-state index contributed by atoms with van der Waals surface area (Å²) in [6.07, 6.45) is 0. The SMILES string of the molecule is COc1ccc(CNC(=O)c2cc3c(ccc4c(C)cc(=O)oc43)oc2=N)c(OC)c1. The van der Waals surface area contributed by atoms with Gasteiger partial charge in [0, 0.05) is 29.6 Å². The molecule has 0 aliphatic rings. The van der Waals surface area contributed by atoms with Crippen molar-refractivity contribution in [2.45, 2.75) is 13.5 Å². The molecule has 0 bridgehead atoms. The predicted molar refractivity (Wildman–Crippen MR) is 114 cm³/mol. The van der Waals surface area contributed by atoms with Crippen LogP contribution < -0.4 is 26.0 Å². The molecule has 0 radical (unpaired) electrons. The summed E-state index contributed by atoms with van der Waals surface area (Å²) in [5.41, 5.74) is 1.40. The van der Waals surface area contributed by atoms with E-state index in [1.54, 1.807) is 44.4 Å². The molecule has 4 aromatic rings. The van der Waals surface area contributed by atoms with Gasteiger partial charge in [-0.2, -0.15) is 0 Å². The molecule has 31 heavy (non-hydrogen) atoms. The number of hydrogen-bond donors (Lipinski definition) is 2. The topological polar surface area (TPSA) is 115 Å². The highest BCUT2D eigenvalue weighted by molar-refractivity contribution is 6.05. The van der Waals surface area contributed by atoms with E-state index in [4.69, 9.17) is 23.7 Å². The Morgan fingerprint density at radius 1 is 1.03 bits per heavy atom. The minimum absolute atomic E-state index is 0.0247. The first-order valence-corrected chi connectivity index (χ1v) is 9.46. The molecule has 2 heterocycles. The molecule has 0 spiro atoms. The summed E-state index contributed by atoms with van der Waals surface area (Å²) in [6.45, 7) is 1.98. The molecule has 0 fully saturated rings. The smallest absolute Gasteiger partial charge is 0.336 e. The Hall–Kier alpha value is -4.07. The highest BCUT2D eigenvalue weighted by Crippen LogP contribution is 2.27. The highest BCUT2D eigenvalue weighted by atomic mass is 16.5. The summed E-state index contributed by atoms with van der Waals surface area (Å²) in [5.74, 6) is 0.704. The normalized spacial score (nSPS) is 10.9. The lowest BCUT2D eigenvalue weighted by atomic mass is 10.1. The number of carbonyl (C=O) groups excluding carboxylic acids is 1. The van der Waals surface area contributed by atoms with E-state index < -0.39 is 11.5 Å². The molecule has 0 aliphatic heterocycles. The van der Waals surface area contributed by atoms with Crippen LogP contribution in [0.5, 0.6) is 11.5 Å². The maximum atomic E-state index is 12.8. The monoisotopic (exact) mass is 420 g/mol. The van der Waals surface area contributed by atoms with Crippen molar-refractivity contribution >= 4 is 27.8 Å². The molecule has 2 N–H and O–H groups in total. The van der Waals surface area contributed by atoms with E-state index >= 15 is 0 Å². The molecular formula is C23H20N2O6. The molecule has 8 nitrogen and oxygen atoms in total. The molecule has 0 saturated heterocycles. The van der Waals surface area contributed by atoms with Gasteiger partial charge in [-0.05, 0) is 42.8 Å². The van der Waals surface area contributed by atoms with Crippen molar-refractivity contribution in [1.82, 2.24) is 5.32 Å². The molecule has 4 rings (SSSR count). The number of amides is 1. The van der Waals surface area contributed by atoms with Gasteiger partial charge in [-0.3, -0.25) is 10.2 Å². The Bertz CT molecular complexity index is 1430. The molecular weight excluding hydrogens is 400 g/mol. The summed E-state index contributed by atoms with van der Waals surface area (Å²) < 4.78 is 21.4. The van der Waals surface area contributed by atoms with Crippen molar-refractivity contribution < 1.29 is 23.1 Å². The highest BCUT2D eigenvalue weighted by Gasteiger charge is 2.16. The number of hydrogen-bond acceptors (Lipinski definition) is 7. The lowest BCUT2D eigenvalue weighted by molar-refractivity contribution is 0.0946. The van der Waals surface area contributed by atoms with Crippen LogP contribution in [0.4, 0.5) is 0 Å². The number of nitrogens with one attached hydrogen (secondary N) is 2. The minimum Gasteiger partial charge on any atom is -0.497 e. The Labute approximate surface area is 176 Å². The molecule has 0 aliphatic carbocycles. The molecule has 0 atom stereocenters. The van der Waals surface area contributed by atoms with Crippen LogP contribution >= 0.6 is 0 Å². The van der Waals surface area contributed by atoms with Crippen molar-refractivity contribution in [3.8, 4) is 11.5 Å². The fourth-order valence-electron chi connectivity index (χ4n) is 3.42. The maximum Gasteiger partial charge on any atom is 0.336 e. The number of rotatable bonds is 5. The number of ether oxygens (including phenoxy) is 2. The van der Waals surface area contributed by atoms with Crippen LogP contribution in [0.2, 0.25) is 0 Å². The Kier molecular flexibility index (Phi) is 5.21. The molecule has 0 unspecified atom stereocenters. The first kappa shape index (κ1) is 20.2. The average Bonchev–Trinajstić information content (AvgIpc) is 2.76. The molecule has 2 aromatic heterocycles. The summed E-state index contributed by atoms with van der Waals surface area (Å²) in [6, 6.07) is 11.6. The summed E-state index contributed by atoms with van der Waals surface area (Å²) in [7, 11) is 3.09. The zero-order chi connectivity index (χ0) is 22.1. The average molecular weight is 420 g/mol. The zero-order valence-corrected chi connectivity index (χ0v) is 17.2. The fraction of sp³-hybridized carbons (Fsp3) is 0.174. The Balaban J connectivity index is 1.71. The summed E-state index contributed by atoms with van der Waals surface area (Å²) >= 11 is 0. The van der Waals surface area contributed by atoms with Crippen LogP contribution in [-0.4, -0.2) is 20.1 Å². The Morgan fingerprint density at radius 2 is 1.84 bits per heavy atom. The first-order chi connectivity index (χ1) is 14.9. The number of carbonyl (C=O) groups is 1. The van der Waals surface area contributed by atoms with Crippen molar-refractivity contribution in [3.05, 3.63) is 75.1 Å². The quantitative estimate of drug-likeness (QED) is 0.378. The Morgan fingerprint density at radius 3 is 2.58 bits per heavy atom. The van der Waals surface area contributed by atoms with Gasteiger partial charge in [0.2, 0.25) is 5.55 Å². The molecule has 158 valence electrons. The van der Waals surface area contributed by atoms with Gasteiger partial charge < -0.3 is 23.6 Å². The zero-order valence-electron chi connectivity index (χ0n) is 17.2. The van der Waals surface area contributed by atoms with Gasteiger partial charge in [-0.1, -0.05) is 0 Å². The molecule has 0 saturated carbocycles. The van der Waals surface area contributed by atoms with Crippen LogP contribution in [0.25, 0.3) is 21.9 Å². The lowest BCUT2D eigenvalue weighted by Crippen LogP contribution is -2.28. The number of fused-ring (bicyclic) bond motifs is 3. The molecule has 8 heteroatoms. The van der Waals surface area contributed by atoms with E-state index in [1.807, 2.05) is 0 Å². The van der Waals surface area contributed by atoms with Crippen molar-refractivity contribution in [1.29, 1.82) is 5.41 Å². The second kappa shape index (κ2) is 7.98. The third kappa shape index (κ3) is 3.75. The van der Waals surface area contributed by atoms with Gasteiger partial charge in [0.05, 0.1) is 19.6 Å². The number of aryl methyl sites for hydroxylation is 1. The van der Waals surface area contributed by atoms with Crippen molar-refractivity contribution in [3.63, 3.8) is 0 Å². The van der Waals surface area contributed by atoms with Gasteiger partial charge in [-0.15, -0.1) is 0 Å². The van der Waals surface area contributed by atoms with E-state index in [1.165, 1.54) is 19.2 Å². The summed E-state index contributed by atoms with van der Waals surface area (Å²) in [5, 5.41) is 12.1. The fourth-order valence-corrected chi connectivity index (χ4v) is 3.42. The number of methoxy groups -OCH3 is 2. The van der Waals surface area contributed by atoms with Crippen LogP contribution in [0.1, 0.15) is 21.5 Å². The standard InChI is InChI=1S/C23H20N2O6/c1-12-8-20(26)31-21-15(12)6-7-18-16(21)10-17(22(24)30-18)23(27)25-11-13-4-5-14(28-2)9-19(13)29-3/h4-10,24H,11H2,1-3H3,(H,25,27). The predicted octanol–water partition coefficient (Wildman–Crippen LogP) is 3.27. The van der Waals surface area contributed by atoms with Gasteiger partial charge in [0.25, 0.3) is 5.91 Å². The van der Waals surface area contributed by atoms with Crippen LogP contribution in [-0.2, 0) is 6.54 Å². The van der Waals surface area contributed by atoms with Gasteiger partial charge in [0.1, 0.15) is 28.2 Å². The van der Waals surface area contributed by atoms with E-state index in [-0.39, 0.29) is 17.7 Å². The maximum absolute atomic E-state index is 12.8. The van der Waals surface area contributed by atoms with Crippen molar-refractivity contribution in [2.75, 3.05) is 14.2 Å². The van der Waals surface area contributed by atoms with E-state index in [0.717, 1.165) is 16.5 Å². The largest absolute Gasteiger partial charge is 0.497 e. The summed E-state index contributed by atoms with van der Waals surface area (Å²) in [4.78, 5) is 24.7. The third-order valence-corrected chi connectivity index (χ3v) is 5.04. The second-order valence-corrected chi connectivity index (χ2v) is 6.95. The minimum atomic E-state index is -0.500. The van der Waals surface area contributed by atoms with E-state index in [0.29, 0.717) is 28.1 Å². The van der Waals surface area contributed by atoms with E-state index in [2.05, 4.69) is 5.32 Å². The van der Waals surface area contributed by atoms with Gasteiger partial charge >= 0.3 is 5.63 Å². The van der Waals surface area contributed by atoms with Gasteiger partial charge in [-0.25, -0.2) is 4.79 Å². The van der Waals surface area contributed by atoms with Gasteiger partial charge in [0.15, 0.2) is 0 Å². The lowest BCUT2D eigenvalue weighted by Gasteiger charge is -2.12. The first-order valence-electron chi connectivity index (χ1n) is 9.46. The van der Waals surface area contributed by atoms with Crippen LogP contribution in [0.15, 0.2) is 56.1 Å². The molecule has 1 amide bonds. The van der Waals surface area contributed by atoms with Crippen LogP contribution in [0, 0.1) is 12.3 Å².